The molecule has 1 heterocycles. The average molecular weight is 416 g/mol. The second-order valence-corrected chi connectivity index (χ2v) is 7.46. The van der Waals surface area contributed by atoms with E-state index in [0.717, 1.165) is 49.6 Å². The molecule has 0 saturated carbocycles. The van der Waals surface area contributed by atoms with Crippen molar-refractivity contribution in [2.24, 2.45) is 0 Å². The molecule has 1 fully saturated rings. The molecule has 2 N–H and O–H groups in total. The lowest BCUT2D eigenvalue weighted by atomic mass is 10.2. The third-order valence-electron chi connectivity index (χ3n) is 5.03. The van der Waals surface area contributed by atoms with Crippen molar-refractivity contribution < 1.29 is 18.4 Å². The molecule has 6 nitrogen and oxygen atoms in total. The molecule has 160 valence electrons. The largest absolute Gasteiger partial charge is 0.326 e. The molecule has 3 rings (SSSR count). The van der Waals surface area contributed by atoms with E-state index in [9.17, 15) is 18.4 Å². The van der Waals surface area contributed by atoms with Gasteiger partial charge in [0.25, 0.3) is 0 Å². The molecule has 0 unspecified atom stereocenters. The van der Waals surface area contributed by atoms with Crippen LogP contribution in [0.1, 0.15) is 12.0 Å². The molecule has 8 heteroatoms. The number of nitrogens with zero attached hydrogens (tertiary/aromatic N) is 2. The van der Waals surface area contributed by atoms with Crippen molar-refractivity contribution in [3.8, 4) is 0 Å². The summed E-state index contributed by atoms with van der Waals surface area (Å²) in [6.45, 7) is 5.90. The number of rotatable bonds is 7. The summed E-state index contributed by atoms with van der Waals surface area (Å²) in [7, 11) is 0. The highest BCUT2D eigenvalue weighted by atomic mass is 19.2. The van der Waals surface area contributed by atoms with Crippen LogP contribution in [0.25, 0.3) is 0 Å². The number of carbonyl (C=O) groups excluding carboxylic acids is 2. The summed E-state index contributed by atoms with van der Waals surface area (Å²) >= 11 is 0. The maximum absolute atomic E-state index is 13.2. The monoisotopic (exact) mass is 416 g/mol. The minimum absolute atomic E-state index is 0.0433. The van der Waals surface area contributed by atoms with Crippen LogP contribution in [0.2, 0.25) is 0 Å². The van der Waals surface area contributed by atoms with Gasteiger partial charge in [-0.3, -0.25) is 14.5 Å². The third kappa shape index (κ3) is 6.60. The number of piperazine rings is 1. The summed E-state index contributed by atoms with van der Waals surface area (Å²) in [6, 6.07) is 11.0. The average Bonchev–Trinajstić information content (AvgIpc) is 2.72. The molecule has 0 atom stereocenters. The van der Waals surface area contributed by atoms with E-state index in [-0.39, 0.29) is 23.9 Å². The number of hydrogen-bond donors (Lipinski definition) is 2. The Morgan fingerprint density at radius 3 is 2.10 bits per heavy atom. The second-order valence-electron chi connectivity index (χ2n) is 7.46. The first kappa shape index (κ1) is 21.9. The molecule has 1 saturated heterocycles. The van der Waals surface area contributed by atoms with Crippen molar-refractivity contribution in [2.45, 2.75) is 13.3 Å². The highest BCUT2D eigenvalue weighted by Gasteiger charge is 2.19. The number of anilines is 2. The first-order valence-electron chi connectivity index (χ1n) is 9.95. The summed E-state index contributed by atoms with van der Waals surface area (Å²) in [5, 5.41) is 5.48. The normalized spacial score (nSPS) is 15.0. The van der Waals surface area contributed by atoms with Crippen LogP contribution in [0.5, 0.6) is 0 Å². The van der Waals surface area contributed by atoms with Gasteiger partial charge in [0.1, 0.15) is 0 Å². The Hall–Kier alpha value is -2.84. The molecule has 0 radical (unpaired) electrons. The quantitative estimate of drug-likeness (QED) is 0.729. The Labute approximate surface area is 174 Å². The number of amides is 2. The maximum Gasteiger partial charge on any atom is 0.238 e. The van der Waals surface area contributed by atoms with E-state index in [1.165, 1.54) is 6.07 Å². The summed E-state index contributed by atoms with van der Waals surface area (Å²) in [4.78, 5) is 28.5. The summed E-state index contributed by atoms with van der Waals surface area (Å²) in [5.41, 5.74) is 2.17. The van der Waals surface area contributed by atoms with Gasteiger partial charge in [-0.2, -0.15) is 0 Å². The lowest BCUT2D eigenvalue weighted by Gasteiger charge is -2.34. The Balaban J connectivity index is 1.34. The third-order valence-corrected chi connectivity index (χ3v) is 5.03. The van der Waals surface area contributed by atoms with Gasteiger partial charge in [0, 0.05) is 56.6 Å². The highest BCUT2D eigenvalue weighted by molar-refractivity contribution is 5.92. The fraction of sp³-hybridized carbons (Fsp3) is 0.364. The van der Waals surface area contributed by atoms with Gasteiger partial charge in [-0.25, -0.2) is 8.78 Å². The number of carbonyl (C=O) groups is 2. The van der Waals surface area contributed by atoms with E-state index in [1.807, 2.05) is 31.2 Å². The number of halogens is 2. The standard InChI is InChI=1S/C22H26F2N4O2/c1-16-2-4-17(5-3-16)25-22(30)15-28-12-10-27(11-13-28)9-8-21(29)26-18-6-7-19(23)20(24)14-18/h2-7,14H,8-13,15H2,1H3,(H,25,30)(H,26,29). The molecule has 2 amide bonds. The van der Waals surface area contributed by atoms with E-state index >= 15 is 0 Å². The Bertz CT molecular complexity index is 881. The Kier molecular flexibility index (Phi) is 7.48. The zero-order valence-corrected chi connectivity index (χ0v) is 17.0. The molecular formula is C22H26F2N4O2. The van der Waals surface area contributed by atoms with Crippen LogP contribution in [-0.2, 0) is 9.59 Å². The van der Waals surface area contributed by atoms with Gasteiger partial charge < -0.3 is 15.5 Å². The lowest BCUT2D eigenvalue weighted by molar-refractivity contribution is -0.117. The predicted octanol–water partition coefficient (Wildman–Crippen LogP) is 2.86. The van der Waals surface area contributed by atoms with Crippen LogP contribution in [0.4, 0.5) is 20.2 Å². The van der Waals surface area contributed by atoms with E-state index < -0.39 is 11.6 Å². The van der Waals surface area contributed by atoms with Crippen LogP contribution in [0, 0.1) is 18.6 Å². The van der Waals surface area contributed by atoms with Crippen LogP contribution in [0.15, 0.2) is 42.5 Å². The maximum atomic E-state index is 13.2. The molecule has 0 spiro atoms. The summed E-state index contributed by atoms with van der Waals surface area (Å²) < 4.78 is 26.1. The zero-order valence-electron chi connectivity index (χ0n) is 17.0. The van der Waals surface area contributed by atoms with Crippen molar-refractivity contribution in [1.29, 1.82) is 0 Å². The number of nitrogens with one attached hydrogen (secondary N) is 2. The molecular weight excluding hydrogens is 390 g/mol. The Morgan fingerprint density at radius 1 is 0.833 bits per heavy atom. The minimum atomic E-state index is -0.990. The second kappa shape index (κ2) is 10.3. The van der Waals surface area contributed by atoms with Gasteiger partial charge in [-0.15, -0.1) is 0 Å². The topological polar surface area (TPSA) is 64.7 Å². The lowest BCUT2D eigenvalue weighted by Crippen LogP contribution is -2.49. The molecule has 30 heavy (non-hydrogen) atoms. The SMILES string of the molecule is Cc1ccc(NC(=O)CN2CCN(CCC(=O)Nc3ccc(F)c(F)c3)CC2)cc1. The fourth-order valence-electron chi connectivity index (χ4n) is 3.27. The first-order chi connectivity index (χ1) is 14.4. The van der Waals surface area contributed by atoms with Crippen molar-refractivity contribution in [3.05, 3.63) is 59.7 Å². The molecule has 0 aromatic heterocycles. The highest BCUT2D eigenvalue weighted by Crippen LogP contribution is 2.14. The van der Waals surface area contributed by atoms with Crippen molar-refractivity contribution >= 4 is 23.2 Å². The molecule has 2 aromatic carbocycles. The molecule has 2 aromatic rings. The van der Waals surface area contributed by atoms with Gasteiger partial charge >= 0.3 is 0 Å². The number of aryl methyl sites for hydroxylation is 1. The van der Waals surface area contributed by atoms with Crippen LogP contribution in [0.3, 0.4) is 0 Å². The van der Waals surface area contributed by atoms with Gasteiger partial charge in [0.2, 0.25) is 11.8 Å². The smallest absolute Gasteiger partial charge is 0.238 e. The molecule has 1 aliphatic heterocycles. The van der Waals surface area contributed by atoms with Gasteiger partial charge in [0.15, 0.2) is 11.6 Å². The summed E-state index contributed by atoms with van der Waals surface area (Å²) in [6.07, 6.45) is 0.257. The van der Waals surface area contributed by atoms with E-state index in [2.05, 4.69) is 20.4 Å². The van der Waals surface area contributed by atoms with Crippen LogP contribution in [-0.4, -0.2) is 60.9 Å². The van der Waals surface area contributed by atoms with E-state index in [4.69, 9.17) is 0 Å². The van der Waals surface area contributed by atoms with Crippen molar-refractivity contribution in [1.82, 2.24) is 9.80 Å². The minimum Gasteiger partial charge on any atom is -0.326 e. The first-order valence-corrected chi connectivity index (χ1v) is 9.95. The predicted molar refractivity (Wildman–Crippen MR) is 112 cm³/mol. The molecule has 1 aliphatic rings. The zero-order chi connectivity index (χ0) is 21.5. The molecule has 0 aliphatic carbocycles. The van der Waals surface area contributed by atoms with Gasteiger partial charge in [-0.05, 0) is 31.2 Å². The fourth-order valence-corrected chi connectivity index (χ4v) is 3.27. The van der Waals surface area contributed by atoms with Crippen LogP contribution < -0.4 is 10.6 Å². The van der Waals surface area contributed by atoms with E-state index in [1.54, 1.807) is 0 Å². The van der Waals surface area contributed by atoms with Crippen molar-refractivity contribution in [2.75, 3.05) is 49.9 Å². The van der Waals surface area contributed by atoms with Gasteiger partial charge in [-0.1, -0.05) is 17.7 Å². The van der Waals surface area contributed by atoms with Gasteiger partial charge in [0.05, 0.1) is 6.54 Å². The van der Waals surface area contributed by atoms with Crippen molar-refractivity contribution in [3.63, 3.8) is 0 Å². The number of benzene rings is 2. The van der Waals surface area contributed by atoms with E-state index in [0.29, 0.717) is 13.1 Å². The summed E-state index contributed by atoms with van der Waals surface area (Å²) in [5.74, 6) is -2.23. The van der Waals surface area contributed by atoms with Crippen LogP contribution >= 0.6 is 0 Å². The Morgan fingerprint density at radius 2 is 1.43 bits per heavy atom. The molecule has 0 bridgehead atoms. The number of hydrogen-bond acceptors (Lipinski definition) is 4.